The van der Waals surface area contributed by atoms with Crippen molar-refractivity contribution >= 4 is 29.1 Å². The van der Waals surface area contributed by atoms with E-state index in [1.807, 2.05) is 0 Å². The van der Waals surface area contributed by atoms with Crippen molar-refractivity contribution in [1.29, 1.82) is 0 Å². The van der Waals surface area contributed by atoms with Crippen LogP contribution in [0, 0.1) is 0 Å². The molecule has 8 nitrogen and oxygen atoms in total. The first kappa shape index (κ1) is 25.0. The Morgan fingerprint density at radius 2 is 1.77 bits per heavy atom. The minimum absolute atomic E-state index is 0.00949. The second kappa shape index (κ2) is 11.1. The normalized spacial score (nSPS) is 20.3. The number of benzene rings is 2. The van der Waals surface area contributed by atoms with Gasteiger partial charge in [0.05, 0.1) is 39.0 Å². The molecule has 2 aromatic carbocycles. The minimum Gasteiger partial charge on any atom is -0.507 e. The fourth-order valence-corrected chi connectivity index (χ4v) is 4.74. The number of hydrogen-bond donors (Lipinski definition) is 1. The highest BCUT2D eigenvalue weighted by molar-refractivity contribution is 6.46. The fourth-order valence-electron chi connectivity index (χ4n) is 4.61. The van der Waals surface area contributed by atoms with Crippen molar-refractivity contribution in [3.05, 3.63) is 64.2 Å². The Morgan fingerprint density at radius 1 is 1.06 bits per heavy atom. The fraction of sp³-hybridized carbons (Fsp3) is 0.385. The van der Waals surface area contributed by atoms with Gasteiger partial charge in [0, 0.05) is 42.3 Å². The van der Waals surface area contributed by atoms with Crippen LogP contribution in [0.5, 0.6) is 11.5 Å². The van der Waals surface area contributed by atoms with Gasteiger partial charge in [0.15, 0.2) is 11.5 Å². The monoisotopic (exact) mass is 500 g/mol. The average Bonchev–Trinajstić information content (AvgIpc) is 3.13. The summed E-state index contributed by atoms with van der Waals surface area (Å²) in [4.78, 5) is 30.3. The molecule has 9 heteroatoms. The number of amides is 1. The number of Topliss-reactive ketones (excluding diaryl/α,β-unsaturated/α-hetero) is 1. The second-order valence-electron chi connectivity index (χ2n) is 8.39. The third kappa shape index (κ3) is 5.15. The van der Waals surface area contributed by atoms with E-state index < -0.39 is 17.7 Å². The lowest BCUT2D eigenvalue weighted by atomic mass is 9.94. The Kier molecular flexibility index (Phi) is 7.95. The van der Waals surface area contributed by atoms with E-state index in [-0.39, 0.29) is 11.3 Å². The Labute approximate surface area is 209 Å². The molecular weight excluding hydrogens is 472 g/mol. The van der Waals surface area contributed by atoms with E-state index in [9.17, 15) is 14.7 Å². The topological polar surface area (TPSA) is 88.5 Å². The van der Waals surface area contributed by atoms with Gasteiger partial charge in [0.25, 0.3) is 11.7 Å². The van der Waals surface area contributed by atoms with Crippen molar-refractivity contribution in [2.75, 3.05) is 53.6 Å². The largest absolute Gasteiger partial charge is 0.507 e. The molecule has 0 radical (unpaired) electrons. The van der Waals surface area contributed by atoms with Gasteiger partial charge < -0.3 is 24.2 Å². The third-order valence-electron chi connectivity index (χ3n) is 6.36. The number of likely N-dealkylation sites (tertiary alicyclic amines) is 1. The van der Waals surface area contributed by atoms with Gasteiger partial charge in [-0.25, -0.2) is 0 Å². The van der Waals surface area contributed by atoms with Crippen molar-refractivity contribution in [2.24, 2.45) is 0 Å². The maximum atomic E-state index is 13.3. The number of para-hydroxylation sites is 1. The van der Waals surface area contributed by atoms with Gasteiger partial charge in [-0.05, 0) is 36.8 Å². The van der Waals surface area contributed by atoms with E-state index in [4.69, 9.17) is 25.8 Å². The summed E-state index contributed by atoms with van der Waals surface area (Å²) in [6.45, 7) is 4.15. The Hall–Kier alpha value is -3.07. The molecular formula is C26H29ClN2O6. The average molecular weight is 501 g/mol. The van der Waals surface area contributed by atoms with Crippen LogP contribution < -0.4 is 9.47 Å². The van der Waals surface area contributed by atoms with Crippen molar-refractivity contribution in [1.82, 2.24) is 9.80 Å². The first-order valence-electron chi connectivity index (χ1n) is 11.5. The lowest BCUT2D eigenvalue weighted by Gasteiger charge is -2.29. The molecule has 0 saturated carbocycles. The van der Waals surface area contributed by atoms with Crippen LogP contribution in [-0.4, -0.2) is 80.2 Å². The summed E-state index contributed by atoms with van der Waals surface area (Å²) >= 11 is 6.00. The molecule has 0 bridgehead atoms. The first-order chi connectivity index (χ1) is 17.0. The number of aliphatic hydroxyl groups excluding tert-OH is 1. The number of carbonyl (C=O) groups excluding carboxylic acids is 2. The highest BCUT2D eigenvalue weighted by Crippen LogP contribution is 2.45. The van der Waals surface area contributed by atoms with Crippen LogP contribution in [-0.2, 0) is 14.3 Å². The number of ether oxygens (including phenoxy) is 3. The van der Waals surface area contributed by atoms with Crippen LogP contribution in [0.2, 0.25) is 5.02 Å². The molecule has 2 saturated heterocycles. The molecule has 35 heavy (non-hydrogen) atoms. The van der Waals surface area contributed by atoms with Crippen molar-refractivity contribution in [3.8, 4) is 11.5 Å². The summed E-state index contributed by atoms with van der Waals surface area (Å²) in [6.07, 6.45) is 0.663. The van der Waals surface area contributed by atoms with E-state index >= 15 is 0 Å². The predicted octanol–water partition coefficient (Wildman–Crippen LogP) is 3.50. The molecule has 2 aliphatic heterocycles. The van der Waals surface area contributed by atoms with Crippen molar-refractivity contribution in [2.45, 2.75) is 12.5 Å². The summed E-state index contributed by atoms with van der Waals surface area (Å²) < 4.78 is 16.5. The van der Waals surface area contributed by atoms with Gasteiger partial charge in [-0.3, -0.25) is 14.5 Å². The van der Waals surface area contributed by atoms with E-state index in [0.29, 0.717) is 53.8 Å². The Morgan fingerprint density at radius 3 is 2.43 bits per heavy atom. The van der Waals surface area contributed by atoms with Gasteiger partial charge in [0.1, 0.15) is 5.76 Å². The second-order valence-corrected chi connectivity index (χ2v) is 8.83. The zero-order chi connectivity index (χ0) is 24.9. The Balaban J connectivity index is 1.75. The number of methoxy groups -OCH3 is 2. The summed E-state index contributed by atoms with van der Waals surface area (Å²) in [6, 6.07) is 10.9. The lowest BCUT2D eigenvalue weighted by molar-refractivity contribution is -0.140. The molecule has 0 unspecified atom stereocenters. The number of nitrogens with zero attached hydrogens (tertiary/aromatic N) is 2. The highest BCUT2D eigenvalue weighted by atomic mass is 35.5. The predicted molar refractivity (Wildman–Crippen MR) is 132 cm³/mol. The summed E-state index contributed by atoms with van der Waals surface area (Å²) in [5, 5.41) is 11.7. The lowest BCUT2D eigenvalue weighted by Crippen LogP contribution is -2.39. The molecule has 0 spiro atoms. The molecule has 2 aromatic rings. The quantitative estimate of drug-likeness (QED) is 0.337. The number of carbonyl (C=O) groups is 2. The molecule has 1 amide bonds. The molecule has 2 heterocycles. The van der Waals surface area contributed by atoms with Crippen LogP contribution in [0.1, 0.15) is 23.6 Å². The number of rotatable bonds is 8. The van der Waals surface area contributed by atoms with E-state index in [2.05, 4.69) is 4.90 Å². The molecule has 0 aliphatic carbocycles. The summed E-state index contributed by atoms with van der Waals surface area (Å²) in [5.74, 6) is -0.779. The highest BCUT2D eigenvalue weighted by Gasteiger charge is 2.47. The number of halogens is 1. The van der Waals surface area contributed by atoms with Crippen molar-refractivity contribution in [3.63, 3.8) is 0 Å². The molecule has 2 fully saturated rings. The SMILES string of the molecule is COc1cccc([C@@H]2/C(=C(\O)c3ccc(Cl)cc3)C(=O)C(=O)N2CCCN2CCOCC2)c1OC. The number of hydrogen-bond acceptors (Lipinski definition) is 7. The first-order valence-corrected chi connectivity index (χ1v) is 11.9. The maximum absolute atomic E-state index is 13.3. The number of ketones is 1. The number of morpholine rings is 1. The van der Waals surface area contributed by atoms with Crippen LogP contribution in [0.25, 0.3) is 5.76 Å². The molecule has 4 rings (SSSR count). The summed E-state index contributed by atoms with van der Waals surface area (Å²) in [5.41, 5.74) is 0.968. The molecule has 2 aliphatic rings. The van der Waals surface area contributed by atoms with Gasteiger partial charge in [-0.1, -0.05) is 23.7 Å². The van der Waals surface area contributed by atoms with Crippen LogP contribution in [0.3, 0.4) is 0 Å². The van der Waals surface area contributed by atoms with Gasteiger partial charge >= 0.3 is 0 Å². The Bertz CT molecular complexity index is 1110. The summed E-state index contributed by atoms with van der Waals surface area (Å²) in [7, 11) is 3.03. The van der Waals surface area contributed by atoms with Gasteiger partial charge in [-0.2, -0.15) is 0 Å². The van der Waals surface area contributed by atoms with Crippen LogP contribution in [0.15, 0.2) is 48.0 Å². The minimum atomic E-state index is -0.833. The van der Waals surface area contributed by atoms with E-state index in [1.165, 1.54) is 19.1 Å². The van der Waals surface area contributed by atoms with Gasteiger partial charge in [0.2, 0.25) is 0 Å². The van der Waals surface area contributed by atoms with Gasteiger partial charge in [-0.15, -0.1) is 0 Å². The van der Waals surface area contributed by atoms with Crippen molar-refractivity contribution < 1.29 is 28.9 Å². The smallest absolute Gasteiger partial charge is 0.295 e. The van der Waals surface area contributed by atoms with Crippen LogP contribution >= 0.6 is 11.6 Å². The molecule has 1 atom stereocenters. The third-order valence-corrected chi connectivity index (χ3v) is 6.61. The molecule has 186 valence electrons. The standard InChI is InChI=1S/C26H29ClN2O6/c1-33-20-6-3-5-19(25(20)34-2)22-21(23(30)17-7-9-18(27)10-8-17)24(31)26(32)29(22)12-4-11-28-13-15-35-16-14-28/h3,5-10,22,30H,4,11-16H2,1-2H3/b23-21+/t22-/m1/s1. The van der Waals surface area contributed by atoms with Crippen LogP contribution in [0.4, 0.5) is 0 Å². The number of aliphatic hydroxyl groups is 1. The molecule has 1 N–H and O–H groups in total. The maximum Gasteiger partial charge on any atom is 0.295 e. The van der Waals surface area contributed by atoms with E-state index in [0.717, 1.165) is 19.6 Å². The zero-order valence-electron chi connectivity index (χ0n) is 19.8. The van der Waals surface area contributed by atoms with E-state index in [1.54, 1.807) is 42.5 Å². The molecule has 0 aromatic heterocycles. The zero-order valence-corrected chi connectivity index (χ0v) is 20.6.